The number of carboxylic acid groups (broad SMARTS) is 1. The van der Waals surface area contributed by atoms with Crippen molar-refractivity contribution in [3.63, 3.8) is 0 Å². The Kier molecular flexibility index (Phi) is 6.13. The third kappa shape index (κ3) is 4.31. The van der Waals surface area contributed by atoms with Crippen LogP contribution in [0.1, 0.15) is 17.3 Å². The highest BCUT2D eigenvalue weighted by molar-refractivity contribution is 14.1. The second-order valence-electron chi connectivity index (χ2n) is 6.97. The summed E-state index contributed by atoms with van der Waals surface area (Å²) in [4.78, 5) is 24.7. The number of likely N-dealkylation sites (tertiary alicyclic amines) is 1. The third-order valence-corrected chi connectivity index (χ3v) is 5.55. The maximum atomic E-state index is 14.5. The van der Waals surface area contributed by atoms with Crippen molar-refractivity contribution in [3.8, 4) is 0 Å². The van der Waals surface area contributed by atoms with Gasteiger partial charge in [0.2, 0.25) is 0 Å². The molecule has 1 heterocycles. The quantitative estimate of drug-likeness (QED) is 0.441. The zero-order valence-corrected chi connectivity index (χ0v) is 17.7. The van der Waals surface area contributed by atoms with Crippen molar-refractivity contribution in [2.75, 3.05) is 18.4 Å². The van der Waals surface area contributed by atoms with Gasteiger partial charge in [0, 0.05) is 3.57 Å². The summed E-state index contributed by atoms with van der Waals surface area (Å²) in [6, 6.07) is 5.05. The van der Waals surface area contributed by atoms with Crippen LogP contribution in [0.5, 0.6) is 0 Å². The first-order valence-electron chi connectivity index (χ1n) is 8.73. The van der Waals surface area contributed by atoms with Crippen LogP contribution in [0, 0.1) is 21.0 Å². The van der Waals surface area contributed by atoms with Gasteiger partial charge >= 0.3 is 6.09 Å². The van der Waals surface area contributed by atoms with Crippen molar-refractivity contribution in [2.24, 2.45) is 0 Å². The minimum Gasteiger partial charge on any atom is -0.465 e. The summed E-state index contributed by atoms with van der Waals surface area (Å²) in [5, 5.41) is 23.8. The van der Waals surface area contributed by atoms with E-state index < -0.39 is 46.8 Å². The fraction of sp³-hybridized carbons (Fsp3) is 0.263. The second kappa shape index (κ2) is 8.30. The van der Waals surface area contributed by atoms with Gasteiger partial charge in [-0.25, -0.2) is 18.0 Å². The molecule has 1 atom stereocenters. The molecule has 0 saturated carbocycles. The lowest BCUT2D eigenvalue weighted by Gasteiger charge is -2.49. The molecule has 0 aliphatic carbocycles. The van der Waals surface area contributed by atoms with Crippen molar-refractivity contribution in [2.45, 2.75) is 18.6 Å². The van der Waals surface area contributed by atoms with E-state index in [1.165, 1.54) is 19.1 Å². The Balaban J connectivity index is 1.85. The van der Waals surface area contributed by atoms with Gasteiger partial charge in [-0.3, -0.25) is 4.79 Å². The van der Waals surface area contributed by atoms with E-state index in [-0.39, 0.29) is 24.3 Å². The number of amides is 2. The van der Waals surface area contributed by atoms with Gasteiger partial charge < -0.3 is 25.7 Å². The minimum atomic E-state index is -1.50. The molecule has 2 aromatic rings. The van der Waals surface area contributed by atoms with Crippen LogP contribution in [0.3, 0.4) is 0 Å². The van der Waals surface area contributed by atoms with Crippen molar-refractivity contribution in [1.29, 1.82) is 0 Å². The molecule has 1 saturated heterocycles. The van der Waals surface area contributed by atoms with Crippen LogP contribution < -0.4 is 10.6 Å². The van der Waals surface area contributed by atoms with E-state index in [1.54, 1.807) is 6.07 Å². The zero-order chi connectivity index (χ0) is 22.2. The molecular formula is C19H17F3IN3O4. The fourth-order valence-corrected chi connectivity index (χ4v) is 3.55. The number of β-amino-alcohol motifs (C(OH)–C–C–N with tert-alkyl or cyclic N) is 1. The molecule has 1 aliphatic rings. The monoisotopic (exact) mass is 535 g/mol. The number of rotatable bonds is 5. The van der Waals surface area contributed by atoms with E-state index in [0.717, 1.165) is 17.0 Å². The van der Waals surface area contributed by atoms with E-state index in [4.69, 9.17) is 5.11 Å². The van der Waals surface area contributed by atoms with Gasteiger partial charge in [-0.1, -0.05) is 0 Å². The molecule has 0 unspecified atom stereocenters. The molecule has 0 aromatic heterocycles. The number of anilines is 2. The molecule has 4 N–H and O–H groups in total. The van der Waals surface area contributed by atoms with Gasteiger partial charge in [-0.05, 0) is 59.8 Å². The topological polar surface area (TPSA) is 102 Å². The molecule has 3 rings (SSSR count). The lowest BCUT2D eigenvalue weighted by Crippen LogP contribution is -2.71. The molecule has 0 radical (unpaired) electrons. The maximum Gasteiger partial charge on any atom is 0.404 e. The molecule has 1 aliphatic heterocycles. The maximum absolute atomic E-state index is 14.5. The van der Waals surface area contributed by atoms with Gasteiger partial charge in [-0.2, -0.15) is 0 Å². The van der Waals surface area contributed by atoms with E-state index in [1.807, 2.05) is 22.6 Å². The number of aliphatic hydroxyl groups is 1. The summed E-state index contributed by atoms with van der Waals surface area (Å²) in [5.41, 5.74) is -2.43. The highest BCUT2D eigenvalue weighted by Crippen LogP contribution is 2.32. The van der Waals surface area contributed by atoms with Crippen molar-refractivity contribution < 1.29 is 33.0 Å². The summed E-state index contributed by atoms with van der Waals surface area (Å²) in [5.74, 6) is -4.01. The number of benzene rings is 2. The van der Waals surface area contributed by atoms with E-state index >= 15 is 0 Å². The largest absolute Gasteiger partial charge is 0.465 e. The first kappa shape index (κ1) is 22.2. The lowest BCUT2D eigenvalue weighted by molar-refractivity contribution is -0.0987. The first-order valence-corrected chi connectivity index (χ1v) is 9.81. The zero-order valence-electron chi connectivity index (χ0n) is 15.5. The summed E-state index contributed by atoms with van der Waals surface area (Å²) in [7, 11) is 0. The number of carbonyl (C=O) groups is 2. The molecule has 11 heteroatoms. The molecule has 0 spiro atoms. The van der Waals surface area contributed by atoms with Crippen molar-refractivity contribution >= 4 is 46.0 Å². The highest BCUT2D eigenvalue weighted by atomic mass is 127. The Morgan fingerprint density at radius 1 is 1.17 bits per heavy atom. The van der Waals surface area contributed by atoms with E-state index in [0.29, 0.717) is 3.57 Å². The summed E-state index contributed by atoms with van der Waals surface area (Å²) in [6.07, 6.45) is -1.33. The van der Waals surface area contributed by atoms with E-state index in [2.05, 4.69) is 10.6 Å². The van der Waals surface area contributed by atoms with Crippen molar-refractivity contribution in [3.05, 3.63) is 56.9 Å². The van der Waals surface area contributed by atoms with Gasteiger partial charge in [0.1, 0.15) is 11.4 Å². The second-order valence-corrected chi connectivity index (χ2v) is 8.21. The average molecular weight is 535 g/mol. The molecule has 0 bridgehead atoms. The molecule has 1 fully saturated rings. The van der Waals surface area contributed by atoms with Crippen molar-refractivity contribution in [1.82, 2.24) is 10.2 Å². The average Bonchev–Trinajstić information content (AvgIpc) is 2.63. The molecule has 160 valence electrons. The van der Waals surface area contributed by atoms with E-state index in [9.17, 15) is 27.9 Å². The number of carbonyl (C=O) groups excluding carboxylic acids is 1. The number of nitrogens with zero attached hydrogens (tertiary/aromatic N) is 1. The molecule has 30 heavy (non-hydrogen) atoms. The third-order valence-electron chi connectivity index (χ3n) is 4.88. The number of hydrogen-bond acceptors (Lipinski definition) is 4. The van der Waals surface area contributed by atoms with Crippen LogP contribution in [0.2, 0.25) is 0 Å². The summed E-state index contributed by atoms with van der Waals surface area (Å²) >= 11 is 1.89. The predicted octanol–water partition coefficient (Wildman–Crippen LogP) is 3.30. The Hall–Kier alpha value is -2.54. The minimum absolute atomic E-state index is 0.145. The summed E-state index contributed by atoms with van der Waals surface area (Å²) < 4.78 is 43.0. The van der Waals surface area contributed by atoms with Gasteiger partial charge in [0.25, 0.3) is 5.91 Å². The Morgan fingerprint density at radius 3 is 2.43 bits per heavy atom. The highest BCUT2D eigenvalue weighted by Gasteiger charge is 2.48. The van der Waals surface area contributed by atoms with Crippen LogP contribution in [-0.2, 0) is 0 Å². The predicted molar refractivity (Wildman–Crippen MR) is 110 cm³/mol. The van der Waals surface area contributed by atoms with Crippen LogP contribution in [-0.4, -0.2) is 51.8 Å². The fourth-order valence-electron chi connectivity index (χ4n) is 3.10. The van der Waals surface area contributed by atoms with Crippen LogP contribution in [0.15, 0.2) is 30.3 Å². The Morgan fingerprint density at radius 2 is 1.83 bits per heavy atom. The lowest BCUT2D eigenvalue weighted by atomic mass is 9.86. The molecule has 2 aromatic carbocycles. The normalized spacial score (nSPS) is 15.9. The smallest absolute Gasteiger partial charge is 0.404 e. The SMILES string of the molecule is C[C@@H](NC(=O)O)C1(O)CN(C(=O)c2ccc(F)c(F)c2Nc2ccc(I)cc2F)C1. The molecular weight excluding hydrogens is 518 g/mol. The van der Waals surface area contributed by atoms with Gasteiger partial charge in [0.05, 0.1) is 36.1 Å². The summed E-state index contributed by atoms with van der Waals surface area (Å²) in [6.45, 7) is 1.01. The Labute approximate surface area is 183 Å². The molecule has 7 nitrogen and oxygen atoms in total. The number of halogens is 4. The number of nitrogens with one attached hydrogen (secondary N) is 2. The standard InChI is InChI=1S/C19H17F3IN3O4/c1-9(24-18(28)29)19(30)7-26(8-19)17(27)11-3-4-12(20)15(22)16(11)25-14-5-2-10(23)6-13(14)21/h2-6,9,24-25,30H,7-8H2,1H3,(H,28,29)/t9-/m1/s1. The number of hydrogen-bond donors (Lipinski definition) is 4. The van der Waals surface area contributed by atoms with Crippen LogP contribution >= 0.6 is 22.6 Å². The first-order chi connectivity index (χ1) is 14.0. The van der Waals surface area contributed by atoms with Crippen LogP contribution in [0.25, 0.3) is 0 Å². The van der Waals surface area contributed by atoms with Gasteiger partial charge in [0.15, 0.2) is 11.6 Å². The van der Waals surface area contributed by atoms with Crippen LogP contribution in [0.4, 0.5) is 29.3 Å². The Bertz CT molecular complexity index is 1010. The molecule has 2 amide bonds. The van der Waals surface area contributed by atoms with Gasteiger partial charge in [-0.15, -0.1) is 0 Å².